The van der Waals surface area contributed by atoms with Crippen LogP contribution in [0.4, 0.5) is 5.69 Å². The van der Waals surface area contributed by atoms with E-state index in [1.807, 2.05) is 20.8 Å². The number of aryl methyl sites for hydroxylation is 1. The summed E-state index contributed by atoms with van der Waals surface area (Å²) in [6, 6.07) is 3.76. The second-order valence-corrected chi connectivity index (χ2v) is 8.20. The molecule has 0 saturated heterocycles. The molecule has 3 amide bonds. The van der Waals surface area contributed by atoms with Gasteiger partial charge in [-0.3, -0.25) is 14.4 Å². The number of rotatable bonds is 13. The van der Waals surface area contributed by atoms with Crippen LogP contribution in [0.5, 0.6) is 0 Å². The smallest absolute Gasteiger partial charge is 0.440 e. The molecule has 194 valence electrons. The molecule has 0 saturated carbocycles. The van der Waals surface area contributed by atoms with E-state index < -0.39 is 12.1 Å². The molecule has 10 heteroatoms. The largest absolute Gasteiger partial charge is 1.00 e. The van der Waals surface area contributed by atoms with Gasteiger partial charge in [-0.05, 0) is 43.4 Å². The molecule has 4 N–H and O–H groups in total. The summed E-state index contributed by atoms with van der Waals surface area (Å²) in [6.07, 6.45) is 7.37. The van der Waals surface area contributed by atoms with Gasteiger partial charge in [0.05, 0.1) is 6.61 Å². The van der Waals surface area contributed by atoms with Crippen molar-refractivity contribution in [3.8, 4) is 0 Å². The van der Waals surface area contributed by atoms with Crippen molar-refractivity contribution in [3.05, 3.63) is 48.4 Å². The molecule has 0 aliphatic heterocycles. The first-order valence-electron chi connectivity index (χ1n) is 11.4. The molecule has 9 nitrogen and oxygen atoms in total. The SMILES string of the molecule is O=[C-]/C=C\[C-]=O.[CH2-]CCCCC(=O)N[C@H](C(=O)N[C@@H](C)C(=O)Nc1ccc(CO)cc1C)C(C)C.[Li+]. The van der Waals surface area contributed by atoms with Gasteiger partial charge in [-0.1, -0.05) is 32.4 Å². The van der Waals surface area contributed by atoms with E-state index >= 15 is 0 Å². The van der Waals surface area contributed by atoms with E-state index in [1.165, 1.54) is 12.6 Å². The maximum absolute atomic E-state index is 12.6. The summed E-state index contributed by atoms with van der Waals surface area (Å²) >= 11 is 0. The summed E-state index contributed by atoms with van der Waals surface area (Å²) in [5.74, 6) is -1.04. The number of benzene rings is 1. The van der Waals surface area contributed by atoms with Crippen LogP contribution < -0.4 is 34.8 Å². The number of carbonyl (C=O) groups excluding carboxylic acids is 5. The third-order valence-corrected chi connectivity index (χ3v) is 4.87. The quantitative estimate of drug-likeness (QED) is 0.123. The number of hydrogen-bond donors (Lipinski definition) is 4. The van der Waals surface area contributed by atoms with Gasteiger partial charge in [-0.25, -0.2) is 0 Å². The van der Waals surface area contributed by atoms with Crippen molar-refractivity contribution in [2.75, 3.05) is 5.32 Å². The molecule has 1 rings (SSSR count). The molecule has 1 aromatic rings. The molecule has 0 fully saturated rings. The first-order valence-corrected chi connectivity index (χ1v) is 11.4. The summed E-state index contributed by atoms with van der Waals surface area (Å²) in [7, 11) is 0. The van der Waals surface area contributed by atoms with Gasteiger partial charge in [-0.2, -0.15) is 6.42 Å². The molecule has 0 bridgehead atoms. The van der Waals surface area contributed by atoms with Gasteiger partial charge in [0.2, 0.25) is 17.7 Å². The van der Waals surface area contributed by atoms with Gasteiger partial charge in [0.25, 0.3) is 0 Å². The Labute approximate surface area is 226 Å². The van der Waals surface area contributed by atoms with Crippen LogP contribution in [-0.4, -0.2) is 47.5 Å². The van der Waals surface area contributed by atoms with E-state index in [4.69, 9.17) is 0 Å². The van der Waals surface area contributed by atoms with Crippen molar-refractivity contribution < 1.29 is 47.9 Å². The fourth-order valence-electron chi connectivity index (χ4n) is 2.89. The first kappa shape index (κ1) is 35.4. The minimum atomic E-state index is -0.774. The van der Waals surface area contributed by atoms with E-state index in [0.717, 1.165) is 42.5 Å². The molecule has 1 aromatic carbocycles. The number of aliphatic hydroxyl groups is 1. The predicted octanol–water partition coefficient (Wildman–Crippen LogP) is -0.768. The summed E-state index contributed by atoms with van der Waals surface area (Å²) in [4.78, 5) is 55.5. The molecular formula is C26H36LiN3O6-2. The van der Waals surface area contributed by atoms with Gasteiger partial charge >= 0.3 is 18.9 Å². The van der Waals surface area contributed by atoms with E-state index in [2.05, 4.69) is 22.9 Å². The summed E-state index contributed by atoms with van der Waals surface area (Å²) in [5, 5.41) is 17.4. The predicted molar refractivity (Wildman–Crippen MR) is 134 cm³/mol. The normalized spacial score (nSPS) is 11.9. The molecule has 2 atom stereocenters. The van der Waals surface area contributed by atoms with Crippen molar-refractivity contribution in [1.82, 2.24) is 10.6 Å². The molecule has 0 spiro atoms. The maximum Gasteiger partial charge on any atom is 1.00 e. The van der Waals surface area contributed by atoms with Crippen LogP contribution in [0.1, 0.15) is 57.6 Å². The molecule has 0 aliphatic carbocycles. The number of anilines is 1. The number of aliphatic hydroxyl groups excluding tert-OH is 1. The van der Waals surface area contributed by atoms with Crippen LogP contribution in [0.15, 0.2) is 30.4 Å². The zero-order chi connectivity index (χ0) is 26.8. The summed E-state index contributed by atoms with van der Waals surface area (Å²) in [5.41, 5.74) is 2.19. The number of hydrogen-bond acceptors (Lipinski definition) is 6. The Morgan fingerprint density at radius 3 is 2.11 bits per heavy atom. The molecule has 0 radical (unpaired) electrons. The Bertz CT molecular complexity index is 863. The monoisotopic (exact) mass is 493 g/mol. The molecular weight excluding hydrogens is 457 g/mol. The van der Waals surface area contributed by atoms with Crippen LogP contribution in [-0.2, 0) is 30.6 Å². The average Bonchev–Trinajstić information content (AvgIpc) is 2.82. The number of nitrogens with one attached hydrogen (secondary N) is 3. The topological polar surface area (TPSA) is 142 Å². The van der Waals surface area contributed by atoms with Gasteiger partial charge in [0.1, 0.15) is 12.1 Å². The van der Waals surface area contributed by atoms with Crippen molar-refractivity contribution in [1.29, 1.82) is 0 Å². The first-order chi connectivity index (χ1) is 16.6. The van der Waals surface area contributed by atoms with E-state index in [1.54, 1.807) is 25.1 Å². The number of allylic oxidation sites excluding steroid dienone is 2. The Morgan fingerprint density at radius 2 is 1.64 bits per heavy atom. The van der Waals surface area contributed by atoms with Gasteiger partial charge < -0.3 is 49.7 Å². The number of amides is 3. The standard InChI is InChI=1S/C22H34N3O4.C4H2O2.Li/c1-6-7-8-9-19(27)25-20(14(2)3)22(29)23-16(5)21(28)24-18-11-10-17(13-26)12-15(18)4;5-3-1-2-4-6;/h10-12,14,16,20,26H,1,6-9,13H2,2-5H3,(H,23,29)(H,24,28)(H,25,27);1-2H;/q-1;-2;+1/b;2-1-;/t16-,20-;;/m0../s1. The minimum absolute atomic E-state index is 0. The summed E-state index contributed by atoms with van der Waals surface area (Å²) in [6.45, 7) is 10.8. The third-order valence-electron chi connectivity index (χ3n) is 4.87. The Balaban J connectivity index is 0. The zero-order valence-electron chi connectivity index (χ0n) is 21.8. The van der Waals surface area contributed by atoms with Crippen LogP contribution in [0, 0.1) is 19.8 Å². The Morgan fingerprint density at radius 1 is 1.03 bits per heavy atom. The average molecular weight is 494 g/mol. The van der Waals surface area contributed by atoms with Crippen molar-refractivity contribution in [2.45, 2.75) is 72.1 Å². The fourth-order valence-corrected chi connectivity index (χ4v) is 2.89. The van der Waals surface area contributed by atoms with Gasteiger partial charge in [-0.15, -0.1) is 12.6 Å². The molecule has 0 heterocycles. The van der Waals surface area contributed by atoms with Crippen molar-refractivity contribution in [3.63, 3.8) is 0 Å². The molecule has 36 heavy (non-hydrogen) atoms. The van der Waals surface area contributed by atoms with Crippen LogP contribution in [0.3, 0.4) is 0 Å². The zero-order valence-corrected chi connectivity index (χ0v) is 21.8. The van der Waals surface area contributed by atoms with Crippen LogP contribution in [0.2, 0.25) is 0 Å². The number of carbonyl (C=O) groups is 3. The van der Waals surface area contributed by atoms with Gasteiger partial charge in [0.15, 0.2) is 0 Å². The summed E-state index contributed by atoms with van der Waals surface area (Å²) < 4.78 is 0. The minimum Gasteiger partial charge on any atom is -0.440 e. The van der Waals surface area contributed by atoms with Crippen molar-refractivity contribution >= 4 is 36.0 Å². The molecule has 0 aliphatic rings. The number of unbranched alkanes of at least 4 members (excludes halogenated alkanes) is 2. The molecule has 0 unspecified atom stereocenters. The van der Waals surface area contributed by atoms with E-state index in [0.29, 0.717) is 12.1 Å². The Kier molecular flexibility index (Phi) is 20.1. The van der Waals surface area contributed by atoms with E-state index in [9.17, 15) is 29.1 Å². The molecule has 0 aromatic heterocycles. The van der Waals surface area contributed by atoms with E-state index in [-0.39, 0.29) is 49.1 Å². The Hall–Kier alpha value is -2.73. The maximum atomic E-state index is 12.6. The second kappa shape index (κ2) is 20.5. The van der Waals surface area contributed by atoms with Crippen molar-refractivity contribution in [2.24, 2.45) is 5.92 Å². The van der Waals surface area contributed by atoms with Crippen LogP contribution >= 0.6 is 0 Å². The van der Waals surface area contributed by atoms with Gasteiger partial charge in [0, 0.05) is 12.1 Å². The third kappa shape index (κ3) is 14.6. The second-order valence-electron chi connectivity index (χ2n) is 8.20. The van der Waals surface area contributed by atoms with Crippen LogP contribution in [0.25, 0.3) is 0 Å². The fraction of sp³-hybridized carbons (Fsp3) is 0.462.